The number of quaternary nitrogens is 1. The van der Waals surface area contributed by atoms with Crippen molar-refractivity contribution >= 4 is 5.69 Å². The molecule has 0 saturated heterocycles. The van der Waals surface area contributed by atoms with Crippen LogP contribution in [0.15, 0.2) is 18.2 Å². The lowest BCUT2D eigenvalue weighted by molar-refractivity contribution is -0.325. The minimum Gasteiger partial charge on any atom is -0.494 e. The summed E-state index contributed by atoms with van der Waals surface area (Å²) in [7, 11) is 1.43. The van der Waals surface area contributed by atoms with Crippen molar-refractivity contribution in [2.45, 2.75) is 0 Å². The minimum atomic E-state index is -0.388. The van der Waals surface area contributed by atoms with Crippen LogP contribution in [-0.2, 0) is 0 Å². The third-order valence-corrected chi connectivity index (χ3v) is 1.36. The molecular formula is C7H10FN2O+. The van der Waals surface area contributed by atoms with E-state index in [1.54, 1.807) is 12.1 Å². The van der Waals surface area contributed by atoms with Crippen LogP contribution < -0.4 is 16.0 Å². The van der Waals surface area contributed by atoms with E-state index >= 15 is 0 Å². The van der Waals surface area contributed by atoms with Crippen LogP contribution in [-0.4, -0.2) is 7.11 Å². The van der Waals surface area contributed by atoms with Crippen LogP contribution in [0.25, 0.3) is 0 Å². The van der Waals surface area contributed by atoms with E-state index in [9.17, 15) is 4.39 Å². The van der Waals surface area contributed by atoms with Crippen LogP contribution in [0.5, 0.6) is 5.75 Å². The SMILES string of the molecule is COc1ccc(N[NH3+])cc1F. The first-order valence-electron chi connectivity index (χ1n) is 3.14. The maximum absolute atomic E-state index is 12.8. The molecule has 1 aromatic rings. The zero-order valence-corrected chi connectivity index (χ0v) is 6.23. The molecule has 11 heavy (non-hydrogen) atoms. The average molecular weight is 157 g/mol. The molecule has 1 aromatic carbocycles. The van der Waals surface area contributed by atoms with Gasteiger partial charge in [0.15, 0.2) is 11.6 Å². The second-order valence-electron chi connectivity index (χ2n) is 2.03. The summed E-state index contributed by atoms with van der Waals surface area (Å²) < 4.78 is 17.6. The Morgan fingerprint density at radius 1 is 1.55 bits per heavy atom. The molecule has 0 saturated carbocycles. The summed E-state index contributed by atoms with van der Waals surface area (Å²) in [4.78, 5) is 0. The molecular weight excluding hydrogens is 147 g/mol. The standard InChI is InChI=1S/C7H9FN2O/c1-11-7-3-2-5(10-9)4-6(7)8/h2-4,10H,9H2,1H3/p+1. The van der Waals surface area contributed by atoms with Gasteiger partial charge in [0.25, 0.3) is 0 Å². The highest BCUT2D eigenvalue weighted by Gasteiger charge is 2.01. The first-order valence-corrected chi connectivity index (χ1v) is 3.14. The zero-order chi connectivity index (χ0) is 8.27. The lowest BCUT2D eigenvalue weighted by atomic mass is 10.3. The molecule has 0 bridgehead atoms. The van der Waals surface area contributed by atoms with Crippen molar-refractivity contribution < 1.29 is 15.0 Å². The van der Waals surface area contributed by atoms with Gasteiger partial charge in [-0.25, -0.2) is 9.82 Å². The van der Waals surface area contributed by atoms with E-state index in [1.165, 1.54) is 13.2 Å². The number of halogens is 1. The number of rotatable bonds is 2. The highest BCUT2D eigenvalue weighted by molar-refractivity contribution is 5.44. The molecule has 3 nitrogen and oxygen atoms in total. The number of anilines is 1. The summed E-state index contributed by atoms with van der Waals surface area (Å²) in [6, 6.07) is 4.56. The fourth-order valence-corrected chi connectivity index (χ4v) is 0.776. The van der Waals surface area contributed by atoms with Crippen LogP contribution in [0.4, 0.5) is 10.1 Å². The molecule has 0 aliphatic carbocycles. The van der Waals surface area contributed by atoms with Gasteiger partial charge in [0, 0.05) is 6.07 Å². The van der Waals surface area contributed by atoms with E-state index in [4.69, 9.17) is 4.74 Å². The summed E-state index contributed by atoms with van der Waals surface area (Å²) in [5, 5.41) is 0. The maximum atomic E-state index is 12.8. The molecule has 0 spiro atoms. The number of hydrogen-bond acceptors (Lipinski definition) is 2. The average Bonchev–Trinajstić information content (AvgIpc) is 2.04. The second-order valence-corrected chi connectivity index (χ2v) is 2.03. The fourth-order valence-electron chi connectivity index (χ4n) is 0.776. The van der Waals surface area contributed by atoms with Gasteiger partial charge in [0.1, 0.15) is 0 Å². The highest BCUT2D eigenvalue weighted by atomic mass is 19.1. The number of nitrogens with one attached hydrogen (secondary N) is 1. The Balaban J connectivity index is 2.99. The van der Waals surface area contributed by atoms with E-state index in [0.717, 1.165) is 0 Å². The number of ether oxygens (including phenoxy) is 1. The van der Waals surface area contributed by atoms with Crippen LogP contribution in [0, 0.1) is 5.82 Å². The van der Waals surface area contributed by atoms with Gasteiger partial charge in [0.05, 0.1) is 12.8 Å². The van der Waals surface area contributed by atoms with E-state index in [-0.39, 0.29) is 11.6 Å². The second kappa shape index (κ2) is 3.21. The third-order valence-electron chi connectivity index (χ3n) is 1.36. The van der Waals surface area contributed by atoms with Gasteiger partial charge in [0.2, 0.25) is 0 Å². The predicted molar refractivity (Wildman–Crippen MR) is 39.5 cm³/mol. The number of hydrogen-bond donors (Lipinski definition) is 2. The Hall–Kier alpha value is -1.29. The maximum Gasteiger partial charge on any atom is 0.167 e. The Labute approximate surface area is 63.9 Å². The molecule has 0 fully saturated rings. The lowest BCUT2D eigenvalue weighted by Gasteiger charge is -2.01. The van der Waals surface area contributed by atoms with Gasteiger partial charge in [-0.3, -0.25) is 5.84 Å². The normalized spacial score (nSPS) is 9.36. The van der Waals surface area contributed by atoms with Gasteiger partial charge in [-0.1, -0.05) is 0 Å². The van der Waals surface area contributed by atoms with Gasteiger partial charge in [-0.15, -0.1) is 0 Å². The molecule has 0 aromatic heterocycles. The van der Waals surface area contributed by atoms with Crippen LogP contribution in [0.3, 0.4) is 0 Å². The topological polar surface area (TPSA) is 48.9 Å². The Kier molecular flexibility index (Phi) is 2.28. The molecule has 0 unspecified atom stereocenters. The Bertz CT molecular complexity index is 252. The molecule has 4 heteroatoms. The molecule has 60 valence electrons. The summed E-state index contributed by atoms with van der Waals surface area (Å²) in [6.45, 7) is 0. The first-order chi connectivity index (χ1) is 5.27. The van der Waals surface area contributed by atoms with Crippen molar-refractivity contribution in [2.24, 2.45) is 0 Å². The number of benzene rings is 1. The van der Waals surface area contributed by atoms with Crippen molar-refractivity contribution in [1.29, 1.82) is 0 Å². The largest absolute Gasteiger partial charge is 0.494 e. The fraction of sp³-hybridized carbons (Fsp3) is 0.143. The molecule has 1 rings (SSSR count). The highest BCUT2D eigenvalue weighted by Crippen LogP contribution is 2.19. The molecule has 0 radical (unpaired) electrons. The quantitative estimate of drug-likeness (QED) is 0.610. The lowest BCUT2D eigenvalue weighted by Crippen LogP contribution is -2.56. The molecule has 0 amide bonds. The molecule has 0 aliphatic rings. The Morgan fingerprint density at radius 2 is 2.27 bits per heavy atom. The molecule has 0 aliphatic heterocycles. The third kappa shape index (κ3) is 1.59. The minimum absolute atomic E-state index is 0.240. The smallest absolute Gasteiger partial charge is 0.167 e. The van der Waals surface area contributed by atoms with Gasteiger partial charge in [-0.05, 0) is 12.1 Å². The molecule has 4 N–H and O–H groups in total. The van der Waals surface area contributed by atoms with E-state index in [0.29, 0.717) is 5.69 Å². The summed E-state index contributed by atoms with van der Waals surface area (Å²) in [5.41, 5.74) is 3.20. The summed E-state index contributed by atoms with van der Waals surface area (Å²) in [6.07, 6.45) is 0. The zero-order valence-electron chi connectivity index (χ0n) is 6.23. The van der Waals surface area contributed by atoms with Gasteiger partial charge in [-0.2, -0.15) is 0 Å². The first kappa shape index (κ1) is 7.81. The van der Waals surface area contributed by atoms with Crippen molar-refractivity contribution in [2.75, 3.05) is 12.5 Å². The van der Waals surface area contributed by atoms with Gasteiger partial charge >= 0.3 is 0 Å². The van der Waals surface area contributed by atoms with E-state index in [2.05, 4.69) is 11.3 Å². The predicted octanol–water partition coefficient (Wildman–Crippen LogP) is 0.403. The van der Waals surface area contributed by atoms with Gasteiger partial charge < -0.3 is 4.74 Å². The van der Waals surface area contributed by atoms with Crippen LogP contribution in [0.1, 0.15) is 0 Å². The summed E-state index contributed by atoms with van der Waals surface area (Å²) in [5.74, 6) is 3.25. The molecule has 0 heterocycles. The summed E-state index contributed by atoms with van der Waals surface area (Å²) >= 11 is 0. The van der Waals surface area contributed by atoms with Crippen LogP contribution >= 0.6 is 0 Å². The van der Waals surface area contributed by atoms with E-state index in [1.807, 2.05) is 0 Å². The van der Waals surface area contributed by atoms with Crippen molar-refractivity contribution in [3.05, 3.63) is 24.0 Å². The monoisotopic (exact) mass is 157 g/mol. The van der Waals surface area contributed by atoms with Crippen molar-refractivity contribution in [1.82, 2.24) is 0 Å². The Morgan fingerprint density at radius 3 is 2.73 bits per heavy atom. The van der Waals surface area contributed by atoms with Crippen molar-refractivity contribution in [3.8, 4) is 5.75 Å². The number of methoxy groups -OCH3 is 1. The molecule has 0 atom stereocenters. The van der Waals surface area contributed by atoms with Crippen LogP contribution in [0.2, 0.25) is 0 Å². The van der Waals surface area contributed by atoms with E-state index < -0.39 is 0 Å². The van der Waals surface area contributed by atoms with Crippen molar-refractivity contribution in [3.63, 3.8) is 0 Å².